The second-order valence-electron chi connectivity index (χ2n) is 5.86. The predicted molar refractivity (Wildman–Crippen MR) is 97.5 cm³/mol. The molecule has 25 heavy (non-hydrogen) atoms. The highest BCUT2D eigenvalue weighted by Gasteiger charge is 2.23. The van der Waals surface area contributed by atoms with Crippen molar-refractivity contribution in [3.8, 4) is 11.3 Å². The van der Waals surface area contributed by atoms with Gasteiger partial charge in [0.1, 0.15) is 18.2 Å². The van der Waals surface area contributed by atoms with Crippen molar-refractivity contribution in [3.05, 3.63) is 54.9 Å². The van der Waals surface area contributed by atoms with E-state index in [1.807, 2.05) is 43.3 Å². The largest absolute Gasteiger partial charge is 0.445 e. The molecule has 1 aliphatic heterocycles. The summed E-state index contributed by atoms with van der Waals surface area (Å²) in [5, 5.41) is 0. The van der Waals surface area contributed by atoms with E-state index >= 15 is 0 Å². The summed E-state index contributed by atoms with van der Waals surface area (Å²) >= 11 is 0. The van der Waals surface area contributed by atoms with E-state index < -0.39 is 0 Å². The molecule has 1 saturated heterocycles. The molecule has 3 rings (SSSR count). The first-order valence-electron chi connectivity index (χ1n) is 8.36. The molecule has 1 aromatic heterocycles. The Morgan fingerprint density at radius 3 is 2.60 bits per heavy atom. The van der Waals surface area contributed by atoms with Gasteiger partial charge in [0.25, 0.3) is 0 Å². The van der Waals surface area contributed by atoms with E-state index in [2.05, 4.69) is 21.4 Å². The van der Waals surface area contributed by atoms with Gasteiger partial charge in [0.2, 0.25) is 0 Å². The molecule has 0 aliphatic carbocycles. The second kappa shape index (κ2) is 7.79. The molecular weight excluding hydrogens is 316 g/mol. The molecule has 0 bridgehead atoms. The number of aromatic nitrogens is 2. The summed E-state index contributed by atoms with van der Waals surface area (Å²) < 4.78 is 5.09. The van der Waals surface area contributed by atoms with Crippen LogP contribution in [0, 0.1) is 6.92 Å². The normalized spacial score (nSPS) is 14.3. The fourth-order valence-electron chi connectivity index (χ4n) is 2.81. The molecule has 1 amide bonds. The molecular formula is C19H22N4O2. The topological polar surface area (TPSA) is 58.6 Å². The van der Waals surface area contributed by atoms with Crippen LogP contribution in [0.4, 0.5) is 10.6 Å². The molecule has 0 unspecified atom stereocenters. The number of anilines is 1. The van der Waals surface area contributed by atoms with E-state index in [4.69, 9.17) is 4.74 Å². The second-order valence-corrected chi connectivity index (χ2v) is 5.86. The van der Waals surface area contributed by atoms with Crippen LogP contribution in [0.2, 0.25) is 0 Å². The molecule has 6 heteroatoms. The van der Waals surface area contributed by atoms with Gasteiger partial charge in [-0.1, -0.05) is 43.0 Å². The zero-order valence-corrected chi connectivity index (χ0v) is 14.4. The number of hydrogen-bond acceptors (Lipinski definition) is 5. The number of carbonyl (C=O) groups excluding carboxylic acids is 1. The number of piperazine rings is 1. The van der Waals surface area contributed by atoms with Crippen LogP contribution in [0.1, 0.15) is 5.82 Å². The summed E-state index contributed by atoms with van der Waals surface area (Å²) in [7, 11) is 0. The maximum atomic E-state index is 11.9. The molecule has 1 fully saturated rings. The Labute approximate surface area is 147 Å². The SMILES string of the molecule is C=CCOC(=O)N1CCN(c2cc(-c3ccccc3)nc(C)n2)CC1. The summed E-state index contributed by atoms with van der Waals surface area (Å²) in [5.41, 5.74) is 1.98. The zero-order chi connectivity index (χ0) is 17.6. The van der Waals surface area contributed by atoms with Crippen molar-refractivity contribution in [2.24, 2.45) is 0 Å². The van der Waals surface area contributed by atoms with Gasteiger partial charge in [0.05, 0.1) is 5.69 Å². The number of amides is 1. The van der Waals surface area contributed by atoms with Gasteiger partial charge in [0, 0.05) is 37.8 Å². The number of rotatable bonds is 4. The van der Waals surface area contributed by atoms with Gasteiger partial charge in [-0.05, 0) is 6.92 Å². The summed E-state index contributed by atoms with van der Waals surface area (Å²) in [6, 6.07) is 12.1. The van der Waals surface area contributed by atoms with Crippen LogP contribution in [0.15, 0.2) is 49.1 Å². The van der Waals surface area contributed by atoms with Crippen molar-refractivity contribution in [2.75, 3.05) is 37.7 Å². The van der Waals surface area contributed by atoms with Gasteiger partial charge in [-0.15, -0.1) is 0 Å². The van der Waals surface area contributed by atoms with E-state index in [-0.39, 0.29) is 12.7 Å². The van der Waals surface area contributed by atoms with Crippen LogP contribution >= 0.6 is 0 Å². The fraction of sp³-hybridized carbons (Fsp3) is 0.316. The Bertz CT molecular complexity index is 740. The van der Waals surface area contributed by atoms with Crippen LogP contribution in [0.3, 0.4) is 0 Å². The smallest absolute Gasteiger partial charge is 0.410 e. The first-order valence-corrected chi connectivity index (χ1v) is 8.36. The lowest BCUT2D eigenvalue weighted by atomic mass is 10.1. The Morgan fingerprint density at radius 2 is 1.92 bits per heavy atom. The van der Waals surface area contributed by atoms with Crippen molar-refractivity contribution in [3.63, 3.8) is 0 Å². The van der Waals surface area contributed by atoms with Gasteiger partial charge in [-0.25, -0.2) is 14.8 Å². The summed E-state index contributed by atoms with van der Waals surface area (Å²) in [6.45, 7) is 8.35. The molecule has 2 heterocycles. The molecule has 0 saturated carbocycles. The summed E-state index contributed by atoms with van der Waals surface area (Å²) in [5.74, 6) is 1.63. The minimum absolute atomic E-state index is 0.241. The van der Waals surface area contributed by atoms with E-state index in [0.717, 1.165) is 22.9 Å². The van der Waals surface area contributed by atoms with Crippen molar-refractivity contribution in [1.82, 2.24) is 14.9 Å². The Hall–Kier alpha value is -2.89. The fourth-order valence-corrected chi connectivity index (χ4v) is 2.81. The van der Waals surface area contributed by atoms with E-state index in [1.54, 1.807) is 11.0 Å². The van der Waals surface area contributed by atoms with Crippen molar-refractivity contribution >= 4 is 11.9 Å². The van der Waals surface area contributed by atoms with E-state index in [1.165, 1.54) is 0 Å². The lowest BCUT2D eigenvalue weighted by molar-refractivity contribution is 0.110. The molecule has 1 aromatic carbocycles. The third-order valence-electron chi connectivity index (χ3n) is 4.08. The number of hydrogen-bond donors (Lipinski definition) is 0. The molecule has 0 radical (unpaired) electrons. The molecule has 6 nitrogen and oxygen atoms in total. The van der Waals surface area contributed by atoms with Gasteiger partial charge >= 0.3 is 6.09 Å². The highest BCUT2D eigenvalue weighted by atomic mass is 16.6. The number of aryl methyl sites for hydroxylation is 1. The van der Waals surface area contributed by atoms with Crippen molar-refractivity contribution in [2.45, 2.75) is 6.92 Å². The summed E-state index contributed by atoms with van der Waals surface area (Å²) in [6.07, 6.45) is 1.28. The summed E-state index contributed by atoms with van der Waals surface area (Å²) in [4.78, 5) is 24.9. The monoisotopic (exact) mass is 338 g/mol. The first kappa shape index (κ1) is 17.0. The van der Waals surface area contributed by atoms with E-state index in [0.29, 0.717) is 26.2 Å². The number of benzene rings is 1. The number of nitrogens with zero attached hydrogens (tertiary/aromatic N) is 4. The molecule has 0 N–H and O–H groups in total. The Morgan fingerprint density at radius 1 is 1.20 bits per heavy atom. The van der Waals surface area contributed by atoms with Gasteiger partial charge in [0.15, 0.2) is 0 Å². The molecule has 1 aliphatic rings. The first-order chi connectivity index (χ1) is 12.2. The van der Waals surface area contributed by atoms with Crippen LogP contribution in [0.5, 0.6) is 0 Å². The highest BCUT2D eigenvalue weighted by molar-refractivity contribution is 5.68. The number of ether oxygens (including phenoxy) is 1. The van der Waals surface area contributed by atoms with Gasteiger partial charge < -0.3 is 14.5 Å². The Kier molecular flexibility index (Phi) is 5.28. The lowest BCUT2D eigenvalue weighted by Crippen LogP contribution is -2.49. The Balaban J connectivity index is 1.70. The van der Waals surface area contributed by atoms with E-state index in [9.17, 15) is 4.79 Å². The third-order valence-corrected chi connectivity index (χ3v) is 4.08. The zero-order valence-electron chi connectivity index (χ0n) is 14.4. The minimum Gasteiger partial charge on any atom is -0.445 e. The predicted octanol–water partition coefficient (Wildman–Crippen LogP) is 2.90. The molecule has 0 atom stereocenters. The van der Waals surface area contributed by atoms with Gasteiger partial charge in [-0.3, -0.25) is 0 Å². The van der Waals surface area contributed by atoms with Gasteiger partial charge in [-0.2, -0.15) is 0 Å². The van der Waals surface area contributed by atoms with Crippen molar-refractivity contribution in [1.29, 1.82) is 0 Å². The van der Waals surface area contributed by atoms with Crippen molar-refractivity contribution < 1.29 is 9.53 Å². The van der Waals surface area contributed by atoms with Crippen LogP contribution in [-0.2, 0) is 4.74 Å². The molecule has 0 spiro atoms. The standard InChI is InChI=1S/C19H22N4O2/c1-3-13-25-19(24)23-11-9-22(10-12-23)18-14-17(20-15(2)21-18)16-7-5-4-6-8-16/h3-8,14H,1,9-13H2,2H3. The lowest BCUT2D eigenvalue weighted by Gasteiger charge is -2.34. The third kappa shape index (κ3) is 4.15. The average molecular weight is 338 g/mol. The highest BCUT2D eigenvalue weighted by Crippen LogP contribution is 2.22. The molecule has 130 valence electrons. The van der Waals surface area contributed by atoms with Crippen LogP contribution in [0.25, 0.3) is 11.3 Å². The maximum Gasteiger partial charge on any atom is 0.410 e. The average Bonchev–Trinajstić information content (AvgIpc) is 2.66. The van der Waals surface area contributed by atoms with Crippen LogP contribution < -0.4 is 4.90 Å². The van der Waals surface area contributed by atoms with Crippen LogP contribution in [-0.4, -0.2) is 53.7 Å². The minimum atomic E-state index is -0.289. The maximum absolute atomic E-state index is 11.9. The quantitative estimate of drug-likeness (QED) is 0.802. The molecule has 2 aromatic rings. The number of carbonyl (C=O) groups is 1.